The average Bonchev–Trinajstić information content (AvgIpc) is 2.16. The lowest BCUT2D eigenvalue weighted by atomic mass is 9.94. The number of aromatic nitrogens is 2. The van der Waals surface area contributed by atoms with Gasteiger partial charge in [0.25, 0.3) is 0 Å². The fraction of sp³-hybridized carbons (Fsp3) is 0.375. The molecule has 0 aliphatic carbocycles. The van der Waals surface area contributed by atoms with E-state index < -0.39 is 18.3 Å². The normalized spacial score (nSPS) is 20.0. The summed E-state index contributed by atoms with van der Waals surface area (Å²) in [6.07, 6.45) is -1.83. The Morgan fingerprint density at radius 1 is 1.53 bits per heavy atom. The first-order valence-corrected chi connectivity index (χ1v) is 4.55. The van der Waals surface area contributed by atoms with Crippen LogP contribution >= 0.6 is 11.6 Å². The van der Waals surface area contributed by atoms with Gasteiger partial charge in [0.15, 0.2) is 0 Å². The molecule has 1 aromatic heterocycles. The van der Waals surface area contributed by atoms with Crippen LogP contribution in [0.5, 0.6) is 0 Å². The summed E-state index contributed by atoms with van der Waals surface area (Å²) in [5.41, 5.74) is 0.119. The average molecular weight is 234 g/mol. The molecule has 0 spiro atoms. The second-order valence-electron chi connectivity index (χ2n) is 3.12. The molecule has 0 radical (unpaired) electrons. The van der Waals surface area contributed by atoms with Gasteiger partial charge in [-0.2, -0.15) is 0 Å². The van der Waals surface area contributed by atoms with E-state index in [0.29, 0.717) is 0 Å². The summed E-state index contributed by atoms with van der Waals surface area (Å²) >= 11 is 5.69. The van der Waals surface area contributed by atoms with E-state index in [0.717, 1.165) is 6.33 Å². The number of carbonyl (C=O) groups is 1. The third-order valence-corrected chi connectivity index (χ3v) is 2.47. The van der Waals surface area contributed by atoms with Gasteiger partial charge in [-0.05, 0) is 0 Å². The van der Waals surface area contributed by atoms with Crippen molar-refractivity contribution >= 4 is 23.3 Å². The predicted molar refractivity (Wildman–Crippen MR) is 49.0 cm³/mol. The van der Waals surface area contributed by atoms with Crippen LogP contribution < -0.4 is 5.32 Å². The zero-order chi connectivity index (χ0) is 11.0. The predicted octanol–water partition coefficient (Wildman–Crippen LogP) is 1.82. The summed E-state index contributed by atoms with van der Waals surface area (Å²) in [5.74, 6) is -1.62. The van der Waals surface area contributed by atoms with E-state index in [1.807, 2.05) is 0 Å². The van der Waals surface area contributed by atoms with Gasteiger partial charge < -0.3 is 5.32 Å². The van der Waals surface area contributed by atoms with E-state index in [9.17, 15) is 13.6 Å². The van der Waals surface area contributed by atoms with Gasteiger partial charge in [-0.1, -0.05) is 11.6 Å². The number of alkyl halides is 2. The quantitative estimate of drug-likeness (QED) is 0.753. The first-order chi connectivity index (χ1) is 7.09. The molecule has 0 aromatic carbocycles. The minimum Gasteiger partial charge on any atom is -0.310 e. The molecular weight excluding hydrogens is 228 g/mol. The van der Waals surface area contributed by atoms with Crippen molar-refractivity contribution in [1.82, 2.24) is 9.97 Å². The van der Waals surface area contributed by atoms with Crippen LogP contribution in [0.3, 0.4) is 0 Å². The highest BCUT2D eigenvalue weighted by molar-refractivity contribution is 6.30. The monoisotopic (exact) mass is 233 g/mol. The minimum absolute atomic E-state index is 0.0368. The van der Waals surface area contributed by atoms with Gasteiger partial charge in [0.05, 0.1) is 5.92 Å². The van der Waals surface area contributed by atoms with Crippen LogP contribution in [-0.4, -0.2) is 22.3 Å². The third-order valence-electron chi connectivity index (χ3n) is 2.17. The number of hydrogen-bond donors (Lipinski definition) is 1. The Morgan fingerprint density at radius 2 is 2.27 bits per heavy atom. The maximum absolute atomic E-state index is 12.7. The summed E-state index contributed by atoms with van der Waals surface area (Å²) in [6, 6.07) is 0. The van der Waals surface area contributed by atoms with Crippen molar-refractivity contribution in [3.05, 3.63) is 17.0 Å². The van der Waals surface area contributed by atoms with E-state index in [4.69, 9.17) is 11.6 Å². The molecule has 80 valence electrons. The summed E-state index contributed by atoms with van der Waals surface area (Å²) in [4.78, 5) is 18.4. The molecule has 0 bridgehead atoms. The number of nitrogens with zero attached hydrogens (tertiary/aromatic N) is 2. The molecule has 0 saturated heterocycles. The van der Waals surface area contributed by atoms with E-state index in [1.165, 1.54) is 0 Å². The molecule has 1 aromatic rings. The lowest BCUT2D eigenvalue weighted by Crippen LogP contribution is -2.27. The lowest BCUT2D eigenvalue weighted by molar-refractivity contribution is -0.117. The molecule has 0 unspecified atom stereocenters. The summed E-state index contributed by atoms with van der Waals surface area (Å²) in [6.45, 7) is 0. The number of anilines is 1. The molecule has 1 N–H and O–H groups in total. The molecular formula is C8H6ClF2N3O. The zero-order valence-corrected chi connectivity index (χ0v) is 8.13. The van der Waals surface area contributed by atoms with Gasteiger partial charge in [0.1, 0.15) is 17.3 Å². The fourth-order valence-electron chi connectivity index (χ4n) is 1.50. The molecule has 0 saturated carbocycles. The van der Waals surface area contributed by atoms with Crippen LogP contribution in [0.25, 0.3) is 0 Å². The zero-order valence-electron chi connectivity index (χ0n) is 7.38. The number of amides is 1. The van der Waals surface area contributed by atoms with Crippen molar-refractivity contribution in [2.45, 2.75) is 18.8 Å². The van der Waals surface area contributed by atoms with Crippen LogP contribution in [0.4, 0.5) is 14.6 Å². The van der Waals surface area contributed by atoms with Gasteiger partial charge in [0.2, 0.25) is 12.3 Å². The van der Waals surface area contributed by atoms with E-state index in [1.54, 1.807) is 0 Å². The summed E-state index contributed by atoms with van der Waals surface area (Å²) in [7, 11) is 0. The van der Waals surface area contributed by atoms with Crippen LogP contribution in [-0.2, 0) is 4.79 Å². The molecule has 7 heteroatoms. The van der Waals surface area contributed by atoms with Crippen LogP contribution in [0, 0.1) is 0 Å². The SMILES string of the molecule is O=C1C[C@H](C(F)F)c2c(Cl)ncnc2N1. The summed E-state index contributed by atoms with van der Waals surface area (Å²) in [5, 5.41) is 2.34. The highest BCUT2D eigenvalue weighted by Crippen LogP contribution is 2.38. The Labute approximate surface area is 88.7 Å². The van der Waals surface area contributed by atoms with Crippen molar-refractivity contribution in [1.29, 1.82) is 0 Å². The molecule has 1 amide bonds. The number of halogens is 3. The molecule has 4 nitrogen and oxygen atoms in total. The van der Waals surface area contributed by atoms with E-state index in [-0.39, 0.29) is 23.0 Å². The maximum atomic E-state index is 12.7. The van der Waals surface area contributed by atoms with Crippen molar-refractivity contribution in [2.75, 3.05) is 5.32 Å². The third kappa shape index (κ3) is 1.77. The number of carbonyl (C=O) groups excluding carboxylic acids is 1. The molecule has 15 heavy (non-hydrogen) atoms. The second-order valence-corrected chi connectivity index (χ2v) is 3.48. The minimum atomic E-state index is -2.65. The van der Waals surface area contributed by atoms with Gasteiger partial charge in [-0.15, -0.1) is 0 Å². The van der Waals surface area contributed by atoms with Crippen LogP contribution in [0.1, 0.15) is 17.9 Å². The standard InChI is InChI=1S/C8H6ClF2N3O/c9-6-5-3(7(10)11)1-4(15)14-8(5)13-2-12-6/h2-3,7H,1H2,(H,12,13,14,15)/t3-/m0/s1. The van der Waals surface area contributed by atoms with Gasteiger partial charge in [-0.25, -0.2) is 18.7 Å². The summed E-state index contributed by atoms with van der Waals surface area (Å²) < 4.78 is 25.3. The first-order valence-electron chi connectivity index (χ1n) is 4.18. The number of hydrogen-bond acceptors (Lipinski definition) is 3. The lowest BCUT2D eigenvalue weighted by Gasteiger charge is -2.23. The van der Waals surface area contributed by atoms with E-state index in [2.05, 4.69) is 15.3 Å². The van der Waals surface area contributed by atoms with Crippen molar-refractivity contribution in [3.8, 4) is 0 Å². The Hall–Kier alpha value is -1.30. The number of fused-ring (bicyclic) bond motifs is 1. The van der Waals surface area contributed by atoms with Crippen molar-refractivity contribution in [3.63, 3.8) is 0 Å². The highest BCUT2D eigenvalue weighted by atomic mass is 35.5. The largest absolute Gasteiger partial charge is 0.310 e. The molecule has 2 rings (SSSR count). The van der Waals surface area contributed by atoms with Crippen LogP contribution in [0.15, 0.2) is 6.33 Å². The highest BCUT2D eigenvalue weighted by Gasteiger charge is 2.34. The fourth-order valence-corrected chi connectivity index (χ4v) is 1.78. The Bertz CT molecular complexity index is 413. The Balaban J connectivity index is 2.52. The molecule has 1 aliphatic rings. The Kier molecular flexibility index (Phi) is 2.52. The molecule has 1 atom stereocenters. The topological polar surface area (TPSA) is 54.9 Å². The molecule has 1 aliphatic heterocycles. The second kappa shape index (κ2) is 3.69. The van der Waals surface area contributed by atoms with Gasteiger partial charge >= 0.3 is 0 Å². The number of nitrogens with one attached hydrogen (secondary N) is 1. The first kappa shape index (κ1) is 10.2. The molecule has 2 heterocycles. The van der Waals surface area contributed by atoms with Crippen LogP contribution in [0.2, 0.25) is 5.15 Å². The number of rotatable bonds is 1. The van der Waals surface area contributed by atoms with Gasteiger partial charge in [-0.3, -0.25) is 4.79 Å². The smallest absolute Gasteiger partial charge is 0.246 e. The van der Waals surface area contributed by atoms with E-state index >= 15 is 0 Å². The Morgan fingerprint density at radius 3 is 2.93 bits per heavy atom. The maximum Gasteiger partial charge on any atom is 0.246 e. The van der Waals surface area contributed by atoms with Gasteiger partial charge in [0, 0.05) is 12.0 Å². The van der Waals surface area contributed by atoms with Crippen molar-refractivity contribution < 1.29 is 13.6 Å². The van der Waals surface area contributed by atoms with Crippen molar-refractivity contribution in [2.24, 2.45) is 0 Å². The molecule has 0 fully saturated rings.